The molecule has 1 heteroatoms. The molecule has 0 unspecified atom stereocenters. The molecule has 1 aromatic rings. The van der Waals surface area contributed by atoms with Crippen molar-refractivity contribution in [3.05, 3.63) is 47.8 Å². The molecule has 0 radical (unpaired) electrons. The van der Waals surface area contributed by atoms with Crippen LogP contribution >= 0.6 is 0 Å². The molecule has 0 aliphatic heterocycles. The molecule has 0 amide bonds. The molecule has 0 saturated heterocycles. The van der Waals surface area contributed by atoms with Gasteiger partial charge in [-0.2, -0.15) is 0 Å². The minimum atomic E-state index is -0.120. The molecule has 1 aromatic carbocycles. The van der Waals surface area contributed by atoms with Crippen molar-refractivity contribution in [2.45, 2.75) is 32.6 Å². The van der Waals surface area contributed by atoms with E-state index in [1.807, 2.05) is 12.1 Å². The van der Waals surface area contributed by atoms with E-state index in [4.69, 9.17) is 0 Å². The summed E-state index contributed by atoms with van der Waals surface area (Å²) in [4.78, 5) is 0. The Morgan fingerprint density at radius 2 is 2.07 bits per heavy atom. The van der Waals surface area contributed by atoms with Gasteiger partial charge in [-0.05, 0) is 30.9 Å². The van der Waals surface area contributed by atoms with Gasteiger partial charge in [0.1, 0.15) is 5.82 Å². The summed E-state index contributed by atoms with van der Waals surface area (Å²) in [6.07, 6.45) is 3.99. The first-order chi connectivity index (χ1) is 6.74. The van der Waals surface area contributed by atoms with Crippen LogP contribution in [0.3, 0.4) is 0 Å². The molecule has 0 fully saturated rings. The Morgan fingerprint density at radius 1 is 1.36 bits per heavy atom. The van der Waals surface area contributed by atoms with Crippen molar-refractivity contribution in [2.75, 3.05) is 0 Å². The molecule has 0 aliphatic rings. The fraction of sp³-hybridized carbons (Fsp3) is 0.385. The van der Waals surface area contributed by atoms with Crippen LogP contribution in [-0.4, -0.2) is 0 Å². The van der Waals surface area contributed by atoms with E-state index < -0.39 is 0 Å². The van der Waals surface area contributed by atoms with Gasteiger partial charge in [-0.1, -0.05) is 43.7 Å². The van der Waals surface area contributed by atoms with Gasteiger partial charge in [0.25, 0.3) is 0 Å². The lowest BCUT2D eigenvalue weighted by molar-refractivity contribution is 0.611. The van der Waals surface area contributed by atoms with E-state index in [1.54, 1.807) is 6.07 Å². The number of halogens is 1. The van der Waals surface area contributed by atoms with Crippen molar-refractivity contribution >= 4 is 0 Å². The Labute approximate surface area is 85.5 Å². The SMILES string of the molecule is C=C(CCCC)Cc1ccccc1F. The monoisotopic (exact) mass is 192 g/mol. The molecule has 0 bridgehead atoms. The Kier molecular flexibility index (Phi) is 4.37. The van der Waals surface area contributed by atoms with Crippen molar-refractivity contribution in [3.63, 3.8) is 0 Å². The lowest BCUT2D eigenvalue weighted by Gasteiger charge is -2.05. The zero-order valence-corrected chi connectivity index (χ0v) is 8.72. The van der Waals surface area contributed by atoms with Gasteiger partial charge in [0, 0.05) is 0 Å². The molecule has 0 heterocycles. The number of unbranched alkanes of at least 4 members (excludes halogenated alkanes) is 1. The Bertz CT molecular complexity index is 302. The standard InChI is InChI=1S/C13H17F/c1-3-4-7-11(2)10-12-8-5-6-9-13(12)14/h5-6,8-9H,2-4,7,10H2,1H3. The molecule has 76 valence electrons. The Hall–Kier alpha value is -1.11. The van der Waals surface area contributed by atoms with Crippen LogP contribution in [-0.2, 0) is 6.42 Å². The summed E-state index contributed by atoms with van der Waals surface area (Å²) in [6, 6.07) is 6.91. The van der Waals surface area contributed by atoms with Gasteiger partial charge >= 0.3 is 0 Å². The van der Waals surface area contributed by atoms with Crippen LogP contribution in [0.25, 0.3) is 0 Å². The van der Waals surface area contributed by atoms with E-state index in [1.165, 1.54) is 6.07 Å². The highest BCUT2D eigenvalue weighted by Crippen LogP contribution is 2.14. The zero-order chi connectivity index (χ0) is 10.4. The normalized spacial score (nSPS) is 10.1. The van der Waals surface area contributed by atoms with Crippen molar-refractivity contribution in [1.29, 1.82) is 0 Å². The lowest BCUT2D eigenvalue weighted by atomic mass is 10.0. The van der Waals surface area contributed by atoms with Crippen molar-refractivity contribution in [3.8, 4) is 0 Å². The van der Waals surface area contributed by atoms with E-state index in [2.05, 4.69) is 13.5 Å². The average molecular weight is 192 g/mol. The maximum Gasteiger partial charge on any atom is 0.126 e. The highest BCUT2D eigenvalue weighted by Gasteiger charge is 2.02. The van der Waals surface area contributed by atoms with Crippen molar-refractivity contribution in [1.82, 2.24) is 0 Å². The summed E-state index contributed by atoms with van der Waals surface area (Å²) in [5.41, 5.74) is 1.88. The summed E-state index contributed by atoms with van der Waals surface area (Å²) in [6.45, 7) is 6.11. The van der Waals surface area contributed by atoms with Crippen LogP contribution < -0.4 is 0 Å². The third-order valence-corrected chi connectivity index (χ3v) is 2.28. The number of allylic oxidation sites excluding steroid dienone is 1. The van der Waals surface area contributed by atoms with E-state index in [-0.39, 0.29) is 5.82 Å². The number of rotatable bonds is 5. The van der Waals surface area contributed by atoms with Crippen molar-refractivity contribution < 1.29 is 4.39 Å². The first-order valence-corrected chi connectivity index (χ1v) is 5.14. The minimum Gasteiger partial charge on any atom is -0.207 e. The van der Waals surface area contributed by atoms with Gasteiger partial charge in [0.2, 0.25) is 0 Å². The molecule has 1 rings (SSSR count). The third-order valence-electron chi connectivity index (χ3n) is 2.28. The van der Waals surface area contributed by atoms with Crippen LogP contribution in [0.2, 0.25) is 0 Å². The largest absolute Gasteiger partial charge is 0.207 e. The van der Waals surface area contributed by atoms with Gasteiger partial charge in [0.05, 0.1) is 0 Å². The summed E-state index contributed by atoms with van der Waals surface area (Å²) < 4.78 is 13.2. The second-order valence-electron chi connectivity index (χ2n) is 3.62. The molecule has 0 saturated carbocycles. The summed E-state index contributed by atoms with van der Waals surface area (Å²) in [5, 5.41) is 0. The van der Waals surface area contributed by atoms with E-state index in [0.29, 0.717) is 6.42 Å². The Morgan fingerprint density at radius 3 is 2.71 bits per heavy atom. The van der Waals surface area contributed by atoms with Crippen LogP contribution in [0.5, 0.6) is 0 Å². The van der Waals surface area contributed by atoms with Crippen LogP contribution in [0, 0.1) is 5.82 Å². The number of benzene rings is 1. The first kappa shape index (κ1) is 11.0. The highest BCUT2D eigenvalue weighted by atomic mass is 19.1. The van der Waals surface area contributed by atoms with Gasteiger partial charge in [0.15, 0.2) is 0 Å². The molecule has 14 heavy (non-hydrogen) atoms. The first-order valence-electron chi connectivity index (χ1n) is 5.14. The molecule has 0 spiro atoms. The molecule has 0 N–H and O–H groups in total. The second-order valence-corrected chi connectivity index (χ2v) is 3.62. The average Bonchev–Trinajstić information content (AvgIpc) is 2.18. The highest BCUT2D eigenvalue weighted by molar-refractivity contribution is 5.22. The topological polar surface area (TPSA) is 0 Å². The van der Waals surface area contributed by atoms with Crippen LogP contribution in [0.1, 0.15) is 31.7 Å². The van der Waals surface area contributed by atoms with Gasteiger partial charge in [-0.3, -0.25) is 0 Å². The maximum absolute atomic E-state index is 13.2. The predicted octanol–water partition coefficient (Wildman–Crippen LogP) is 4.11. The van der Waals surface area contributed by atoms with E-state index >= 15 is 0 Å². The fourth-order valence-corrected chi connectivity index (χ4v) is 1.43. The second kappa shape index (κ2) is 5.58. The van der Waals surface area contributed by atoms with Crippen LogP contribution in [0.4, 0.5) is 4.39 Å². The maximum atomic E-state index is 13.2. The van der Waals surface area contributed by atoms with Gasteiger partial charge < -0.3 is 0 Å². The van der Waals surface area contributed by atoms with Crippen molar-refractivity contribution in [2.24, 2.45) is 0 Å². The third kappa shape index (κ3) is 3.33. The van der Waals surface area contributed by atoms with E-state index in [0.717, 1.165) is 30.4 Å². The molecule has 0 nitrogen and oxygen atoms in total. The summed E-state index contributed by atoms with van der Waals surface area (Å²) in [5.74, 6) is -0.120. The quantitative estimate of drug-likeness (QED) is 0.616. The zero-order valence-electron chi connectivity index (χ0n) is 8.72. The fourth-order valence-electron chi connectivity index (χ4n) is 1.43. The van der Waals surface area contributed by atoms with Gasteiger partial charge in [-0.15, -0.1) is 0 Å². The summed E-state index contributed by atoms with van der Waals surface area (Å²) in [7, 11) is 0. The van der Waals surface area contributed by atoms with Crippen LogP contribution in [0.15, 0.2) is 36.4 Å². The molecular formula is C13H17F. The number of hydrogen-bond donors (Lipinski definition) is 0. The predicted molar refractivity (Wildman–Crippen MR) is 58.8 cm³/mol. The molecule has 0 aromatic heterocycles. The molecule has 0 aliphatic carbocycles. The number of hydrogen-bond acceptors (Lipinski definition) is 0. The minimum absolute atomic E-state index is 0.120. The smallest absolute Gasteiger partial charge is 0.126 e. The van der Waals surface area contributed by atoms with Gasteiger partial charge in [-0.25, -0.2) is 4.39 Å². The van der Waals surface area contributed by atoms with E-state index in [9.17, 15) is 4.39 Å². The lowest BCUT2D eigenvalue weighted by Crippen LogP contribution is -1.93. The Balaban J connectivity index is 2.52. The summed E-state index contributed by atoms with van der Waals surface area (Å²) >= 11 is 0. The molecule has 0 atom stereocenters. The molecular weight excluding hydrogens is 175 g/mol.